The number of rotatable bonds is 2. The minimum absolute atomic E-state index is 0. The summed E-state index contributed by atoms with van der Waals surface area (Å²) >= 11 is 0. The molecule has 0 radical (unpaired) electrons. The van der Waals surface area contributed by atoms with E-state index in [1.165, 1.54) is 30.5 Å². The number of carbonyl (C=O) groups is 1. The lowest BCUT2D eigenvalue weighted by Gasteiger charge is -2.13. The van der Waals surface area contributed by atoms with Crippen LogP contribution in [0, 0.1) is 0 Å². The van der Waals surface area contributed by atoms with Gasteiger partial charge in [0.1, 0.15) is 12.0 Å². The molecular formula is C12H11F3N4O. The lowest BCUT2D eigenvalue weighted by molar-refractivity contribution is -0.136. The lowest BCUT2D eigenvalue weighted by Crippen LogP contribution is -2.17. The van der Waals surface area contributed by atoms with E-state index in [1.54, 1.807) is 0 Å². The van der Waals surface area contributed by atoms with Crippen LogP contribution in [0.4, 0.5) is 18.9 Å². The molecule has 0 atom stereocenters. The summed E-state index contributed by atoms with van der Waals surface area (Å²) in [6, 6.07) is 6.05. The van der Waals surface area contributed by atoms with Crippen LogP contribution in [0.5, 0.6) is 0 Å². The first-order chi connectivity index (χ1) is 8.98. The van der Waals surface area contributed by atoms with Gasteiger partial charge in [-0.25, -0.2) is 9.97 Å². The smallest absolute Gasteiger partial charge is 0.344 e. The number of amides is 1. The van der Waals surface area contributed by atoms with Crippen molar-refractivity contribution in [3.63, 3.8) is 0 Å². The van der Waals surface area contributed by atoms with Crippen LogP contribution in [-0.4, -0.2) is 15.9 Å². The van der Waals surface area contributed by atoms with Gasteiger partial charge in [0.15, 0.2) is 0 Å². The second-order valence-corrected chi connectivity index (χ2v) is 3.59. The van der Waals surface area contributed by atoms with E-state index in [2.05, 4.69) is 15.3 Å². The Morgan fingerprint density at radius 3 is 2.45 bits per heavy atom. The number of alkyl halides is 3. The van der Waals surface area contributed by atoms with E-state index in [1.807, 2.05) is 0 Å². The molecule has 0 spiro atoms. The zero-order chi connectivity index (χ0) is 13.9. The summed E-state index contributed by atoms with van der Waals surface area (Å²) in [6.07, 6.45) is -2.06. The molecule has 106 valence electrons. The van der Waals surface area contributed by atoms with E-state index in [-0.39, 0.29) is 17.5 Å². The Bertz CT molecular complexity index is 587. The highest BCUT2D eigenvalue weighted by atomic mass is 19.4. The van der Waals surface area contributed by atoms with Gasteiger partial charge >= 0.3 is 6.18 Å². The fraction of sp³-hybridized carbons (Fsp3) is 0.0833. The number of nitrogens with zero attached hydrogens (tertiary/aromatic N) is 2. The number of hydrogen-bond acceptors (Lipinski definition) is 4. The molecule has 0 aliphatic heterocycles. The van der Waals surface area contributed by atoms with Crippen LogP contribution in [0.15, 0.2) is 42.9 Å². The fourth-order valence-corrected chi connectivity index (χ4v) is 1.45. The highest BCUT2D eigenvalue weighted by molar-refractivity contribution is 6.03. The van der Waals surface area contributed by atoms with Gasteiger partial charge in [-0.3, -0.25) is 4.79 Å². The number of halogens is 3. The van der Waals surface area contributed by atoms with E-state index < -0.39 is 17.6 Å². The number of carbonyl (C=O) groups excluding carboxylic acids is 1. The van der Waals surface area contributed by atoms with E-state index in [4.69, 9.17) is 0 Å². The Labute approximate surface area is 112 Å². The van der Waals surface area contributed by atoms with Gasteiger partial charge in [0.05, 0.1) is 11.3 Å². The van der Waals surface area contributed by atoms with Gasteiger partial charge in [-0.1, -0.05) is 12.1 Å². The van der Waals surface area contributed by atoms with E-state index in [0.29, 0.717) is 0 Å². The average molecular weight is 284 g/mol. The molecule has 0 aliphatic rings. The third-order valence-electron chi connectivity index (χ3n) is 2.30. The Morgan fingerprint density at radius 2 is 1.85 bits per heavy atom. The molecule has 2 rings (SSSR count). The first-order valence-electron chi connectivity index (χ1n) is 5.22. The molecule has 1 amide bonds. The van der Waals surface area contributed by atoms with Crippen LogP contribution in [0.25, 0.3) is 0 Å². The van der Waals surface area contributed by atoms with Gasteiger partial charge in [0.2, 0.25) is 0 Å². The van der Waals surface area contributed by atoms with Crippen LogP contribution in [0.3, 0.4) is 0 Å². The van der Waals surface area contributed by atoms with Crippen molar-refractivity contribution >= 4 is 11.6 Å². The Hall–Kier alpha value is -2.48. The standard InChI is InChI=1S/C12H8F3N3O.H3N/c13-12(14,15)8-3-1-2-4-9(8)18-11(19)10-5-6-16-7-17-10;/h1-7H,(H,18,19);1H3. The van der Waals surface area contributed by atoms with Gasteiger partial charge in [-0.05, 0) is 18.2 Å². The van der Waals surface area contributed by atoms with Crippen LogP contribution >= 0.6 is 0 Å². The van der Waals surface area contributed by atoms with Gasteiger partial charge in [0.25, 0.3) is 5.91 Å². The minimum atomic E-state index is -4.53. The van der Waals surface area contributed by atoms with Crippen molar-refractivity contribution in [1.82, 2.24) is 16.1 Å². The Morgan fingerprint density at radius 1 is 1.15 bits per heavy atom. The van der Waals surface area contributed by atoms with Crippen LogP contribution < -0.4 is 11.5 Å². The highest BCUT2D eigenvalue weighted by Gasteiger charge is 2.33. The predicted octanol–water partition coefficient (Wildman–Crippen LogP) is 2.91. The topological polar surface area (TPSA) is 89.9 Å². The summed E-state index contributed by atoms with van der Waals surface area (Å²) in [7, 11) is 0. The fourth-order valence-electron chi connectivity index (χ4n) is 1.45. The molecule has 1 aromatic heterocycles. The lowest BCUT2D eigenvalue weighted by atomic mass is 10.1. The van der Waals surface area contributed by atoms with Crippen LogP contribution in [0.2, 0.25) is 0 Å². The number of para-hydroxylation sites is 1. The maximum Gasteiger partial charge on any atom is 0.418 e. The first-order valence-corrected chi connectivity index (χ1v) is 5.22. The maximum atomic E-state index is 12.7. The number of aromatic nitrogens is 2. The van der Waals surface area contributed by atoms with E-state index >= 15 is 0 Å². The summed E-state index contributed by atoms with van der Waals surface area (Å²) < 4.78 is 38.2. The molecule has 0 saturated carbocycles. The molecule has 0 fully saturated rings. The average Bonchev–Trinajstić information content (AvgIpc) is 2.39. The third kappa shape index (κ3) is 3.51. The monoisotopic (exact) mass is 284 g/mol. The maximum absolute atomic E-state index is 12.7. The molecule has 1 heterocycles. The van der Waals surface area contributed by atoms with E-state index in [0.717, 1.165) is 12.4 Å². The second kappa shape index (κ2) is 6.11. The van der Waals surface area contributed by atoms with Crippen molar-refractivity contribution in [1.29, 1.82) is 0 Å². The number of nitrogens with one attached hydrogen (secondary N) is 1. The van der Waals surface area contributed by atoms with E-state index in [9.17, 15) is 18.0 Å². The molecule has 0 unspecified atom stereocenters. The Balaban J connectivity index is 0.00000200. The van der Waals surface area contributed by atoms with Crippen molar-refractivity contribution in [3.8, 4) is 0 Å². The normalized spacial score (nSPS) is 10.6. The quantitative estimate of drug-likeness (QED) is 0.887. The summed E-state index contributed by atoms with van der Waals surface area (Å²) in [6.45, 7) is 0. The highest BCUT2D eigenvalue weighted by Crippen LogP contribution is 2.34. The number of benzene rings is 1. The third-order valence-corrected chi connectivity index (χ3v) is 2.30. The first kappa shape index (κ1) is 15.6. The molecule has 0 aliphatic carbocycles. The van der Waals surface area contributed by atoms with Gasteiger partial charge in [-0.15, -0.1) is 0 Å². The van der Waals surface area contributed by atoms with Gasteiger partial charge < -0.3 is 11.5 Å². The molecule has 20 heavy (non-hydrogen) atoms. The molecule has 0 bridgehead atoms. The van der Waals surface area contributed by atoms with Gasteiger partial charge in [0, 0.05) is 6.20 Å². The van der Waals surface area contributed by atoms with Crippen LogP contribution in [0.1, 0.15) is 16.1 Å². The van der Waals surface area contributed by atoms with Crippen molar-refractivity contribution in [2.45, 2.75) is 6.18 Å². The van der Waals surface area contributed by atoms with Crippen molar-refractivity contribution in [2.75, 3.05) is 5.32 Å². The van der Waals surface area contributed by atoms with Gasteiger partial charge in [-0.2, -0.15) is 13.2 Å². The van der Waals surface area contributed by atoms with Crippen molar-refractivity contribution in [3.05, 3.63) is 54.1 Å². The molecule has 2 aromatic rings. The number of anilines is 1. The zero-order valence-electron chi connectivity index (χ0n) is 10.2. The molecule has 8 heteroatoms. The van der Waals surface area contributed by atoms with Crippen molar-refractivity contribution < 1.29 is 18.0 Å². The van der Waals surface area contributed by atoms with Crippen LogP contribution in [-0.2, 0) is 6.18 Å². The summed E-state index contributed by atoms with van der Waals surface area (Å²) in [5.74, 6) is -0.723. The number of hydrogen-bond donors (Lipinski definition) is 2. The summed E-state index contributed by atoms with van der Waals surface area (Å²) in [4.78, 5) is 19.0. The predicted molar refractivity (Wildman–Crippen MR) is 66.5 cm³/mol. The second-order valence-electron chi connectivity index (χ2n) is 3.59. The minimum Gasteiger partial charge on any atom is -0.344 e. The summed E-state index contributed by atoms with van der Waals surface area (Å²) in [5, 5.41) is 2.18. The Kier molecular flexibility index (Phi) is 4.76. The molecule has 4 N–H and O–H groups in total. The van der Waals surface area contributed by atoms with Crippen molar-refractivity contribution in [2.24, 2.45) is 0 Å². The molecule has 1 aromatic carbocycles. The molecule has 0 saturated heterocycles. The summed E-state index contributed by atoms with van der Waals surface area (Å²) in [5.41, 5.74) is -1.22. The molecule has 5 nitrogen and oxygen atoms in total. The molecular weight excluding hydrogens is 273 g/mol. The zero-order valence-corrected chi connectivity index (χ0v) is 10.2. The largest absolute Gasteiger partial charge is 0.418 e. The SMILES string of the molecule is N.O=C(Nc1ccccc1C(F)(F)F)c1ccncn1.